The SMILES string of the molecule is CC(=N)C1=C(O)[C@@H]2Cc3c([nH]c4ccccc34)[C@@H](c3ccc(-c4ccc(OC(F)(F)F)cc4)cc3)N2C1=O. The molecular formula is C29H22F3N3O3. The van der Waals surface area contributed by atoms with E-state index in [2.05, 4.69) is 9.72 Å². The van der Waals surface area contributed by atoms with Crippen molar-refractivity contribution in [2.45, 2.75) is 31.8 Å². The van der Waals surface area contributed by atoms with Crippen LogP contribution in [-0.2, 0) is 11.2 Å². The van der Waals surface area contributed by atoms with Crippen LogP contribution in [0.1, 0.15) is 29.8 Å². The largest absolute Gasteiger partial charge is 0.573 e. The number of hydrogen-bond acceptors (Lipinski definition) is 4. The molecule has 0 spiro atoms. The van der Waals surface area contributed by atoms with Crippen molar-refractivity contribution in [3.05, 3.63) is 101 Å². The zero-order chi connectivity index (χ0) is 26.8. The lowest BCUT2D eigenvalue weighted by Gasteiger charge is -2.38. The van der Waals surface area contributed by atoms with Gasteiger partial charge < -0.3 is 25.1 Å². The third-order valence-corrected chi connectivity index (χ3v) is 7.17. The van der Waals surface area contributed by atoms with Crippen LogP contribution in [0.2, 0.25) is 0 Å². The number of rotatable bonds is 4. The zero-order valence-corrected chi connectivity index (χ0v) is 20.1. The Labute approximate surface area is 215 Å². The number of nitrogens with one attached hydrogen (secondary N) is 2. The van der Waals surface area contributed by atoms with Gasteiger partial charge in [0.25, 0.3) is 5.91 Å². The lowest BCUT2D eigenvalue weighted by atomic mass is 9.88. The highest BCUT2D eigenvalue weighted by Crippen LogP contribution is 2.46. The van der Waals surface area contributed by atoms with Crippen molar-refractivity contribution in [1.29, 1.82) is 5.41 Å². The van der Waals surface area contributed by atoms with Crippen LogP contribution in [0.3, 0.4) is 0 Å². The Morgan fingerprint density at radius 3 is 2.29 bits per heavy atom. The zero-order valence-electron chi connectivity index (χ0n) is 20.1. The van der Waals surface area contributed by atoms with Crippen molar-refractivity contribution in [3.63, 3.8) is 0 Å². The molecule has 0 bridgehead atoms. The van der Waals surface area contributed by atoms with Gasteiger partial charge >= 0.3 is 6.36 Å². The van der Waals surface area contributed by atoms with Crippen LogP contribution in [-0.4, -0.2) is 39.0 Å². The molecule has 38 heavy (non-hydrogen) atoms. The number of alkyl halides is 3. The van der Waals surface area contributed by atoms with Crippen LogP contribution in [0.15, 0.2) is 84.1 Å². The molecule has 0 fully saturated rings. The molecule has 3 heterocycles. The Morgan fingerprint density at radius 2 is 1.66 bits per heavy atom. The summed E-state index contributed by atoms with van der Waals surface area (Å²) in [6.07, 6.45) is -4.33. The normalized spacial score (nSPS) is 19.1. The molecule has 6 rings (SSSR count). The number of amides is 1. The predicted octanol–water partition coefficient (Wildman–Crippen LogP) is 6.44. The first-order chi connectivity index (χ1) is 18.1. The predicted molar refractivity (Wildman–Crippen MR) is 136 cm³/mol. The van der Waals surface area contributed by atoms with E-state index in [1.807, 2.05) is 48.5 Å². The highest BCUT2D eigenvalue weighted by molar-refractivity contribution is 6.22. The van der Waals surface area contributed by atoms with E-state index in [9.17, 15) is 23.1 Å². The first-order valence-electron chi connectivity index (χ1n) is 12.0. The van der Waals surface area contributed by atoms with Crippen LogP contribution in [0.5, 0.6) is 5.75 Å². The van der Waals surface area contributed by atoms with E-state index in [-0.39, 0.29) is 22.8 Å². The minimum Gasteiger partial charge on any atom is -0.509 e. The maximum Gasteiger partial charge on any atom is 0.573 e. The van der Waals surface area contributed by atoms with Gasteiger partial charge in [-0.15, -0.1) is 13.2 Å². The van der Waals surface area contributed by atoms with E-state index in [4.69, 9.17) is 5.41 Å². The van der Waals surface area contributed by atoms with Crippen molar-refractivity contribution < 1.29 is 27.8 Å². The lowest BCUT2D eigenvalue weighted by molar-refractivity contribution is -0.274. The number of nitrogens with zero attached hydrogens (tertiary/aromatic N) is 1. The minimum atomic E-state index is -4.76. The quantitative estimate of drug-likeness (QED) is 0.272. The van der Waals surface area contributed by atoms with Crippen molar-refractivity contribution in [3.8, 4) is 16.9 Å². The van der Waals surface area contributed by atoms with E-state index >= 15 is 0 Å². The molecule has 2 aliphatic rings. The van der Waals surface area contributed by atoms with E-state index in [0.717, 1.165) is 33.3 Å². The maximum absolute atomic E-state index is 13.5. The molecule has 0 aliphatic carbocycles. The third-order valence-electron chi connectivity index (χ3n) is 7.17. The molecule has 9 heteroatoms. The van der Waals surface area contributed by atoms with Crippen LogP contribution in [0, 0.1) is 5.41 Å². The second kappa shape index (κ2) is 8.51. The maximum atomic E-state index is 13.5. The molecule has 2 aliphatic heterocycles. The first-order valence-corrected chi connectivity index (χ1v) is 12.0. The summed E-state index contributed by atoms with van der Waals surface area (Å²) in [6.45, 7) is 1.49. The third kappa shape index (κ3) is 3.82. The van der Waals surface area contributed by atoms with Crippen LogP contribution in [0.25, 0.3) is 22.0 Å². The molecule has 0 saturated carbocycles. The van der Waals surface area contributed by atoms with Gasteiger partial charge in [0.05, 0.1) is 17.7 Å². The summed E-state index contributed by atoms with van der Waals surface area (Å²) in [6, 6.07) is 19.8. The first kappa shape index (κ1) is 23.8. The molecule has 3 aromatic carbocycles. The van der Waals surface area contributed by atoms with E-state index in [0.29, 0.717) is 12.0 Å². The molecule has 3 N–H and O–H groups in total. The number of hydrogen-bond donors (Lipinski definition) is 3. The topological polar surface area (TPSA) is 89.4 Å². The van der Waals surface area contributed by atoms with Gasteiger partial charge in [0.2, 0.25) is 0 Å². The van der Waals surface area contributed by atoms with E-state index in [1.54, 1.807) is 17.0 Å². The Morgan fingerprint density at radius 1 is 1.03 bits per heavy atom. The lowest BCUT2D eigenvalue weighted by Crippen LogP contribution is -2.44. The van der Waals surface area contributed by atoms with E-state index in [1.165, 1.54) is 19.1 Å². The van der Waals surface area contributed by atoms with Gasteiger partial charge in [-0.3, -0.25) is 4.79 Å². The van der Waals surface area contributed by atoms with Gasteiger partial charge in [-0.25, -0.2) is 0 Å². The van der Waals surface area contributed by atoms with Gasteiger partial charge in [0.1, 0.15) is 11.5 Å². The van der Waals surface area contributed by atoms with Crippen molar-refractivity contribution in [1.82, 2.24) is 9.88 Å². The number of aromatic nitrogens is 1. The summed E-state index contributed by atoms with van der Waals surface area (Å²) in [7, 11) is 0. The number of aliphatic hydroxyl groups excluding tert-OH is 1. The number of carbonyl (C=O) groups is 1. The molecular weight excluding hydrogens is 495 g/mol. The smallest absolute Gasteiger partial charge is 0.509 e. The fourth-order valence-electron chi connectivity index (χ4n) is 5.56. The summed E-state index contributed by atoms with van der Waals surface area (Å²) in [5.74, 6) is -0.769. The molecule has 0 saturated heterocycles. The number of halogens is 3. The molecule has 4 aromatic rings. The number of carbonyl (C=O) groups excluding carboxylic acids is 1. The van der Waals surface area contributed by atoms with Gasteiger partial charge in [0, 0.05) is 28.7 Å². The van der Waals surface area contributed by atoms with E-state index < -0.39 is 24.4 Å². The molecule has 2 atom stereocenters. The number of aromatic amines is 1. The summed E-state index contributed by atoms with van der Waals surface area (Å²) >= 11 is 0. The number of ether oxygens (including phenoxy) is 1. The average Bonchev–Trinajstić information content (AvgIpc) is 3.37. The molecule has 1 aromatic heterocycles. The van der Waals surface area contributed by atoms with Crippen molar-refractivity contribution in [2.24, 2.45) is 0 Å². The number of benzene rings is 3. The Kier molecular flexibility index (Phi) is 5.34. The number of aliphatic hydroxyl groups is 1. The molecule has 1 amide bonds. The van der Waals surface area contributed by atoms with Crippen LogP contribution in [0.4, 0.5) is 13.2 Å². The van der Waals surface area contributed by atoms with Crippen LogP contribution < -0.4 is 4.74 Å². The number of fused-ring (bicyclic) bond motifs is 4. The fourth-order valence-corrected chi connectivity index (χ4v) is 5.56. The number of H-pyrrole nitrogens is 1. The Bertz CT molecular complexity index is 1620. The monoisotopic (exact) mass is 517 g/mol. The number of para-hydroxylation sites is 1. The van der Waals surface area contributed by atoms with Crippen LogP contribution >= 0.6 is 0 Å². The Hall–Kier alpha value is -4.53. The van der Waals surface area contributed by atoms with Crippen molar-refractivity contribution >= 4 is 22.5 Å². The van der Waals surface area contributed by atoms with Gasteiger partial charge in [-0.05, 0) is 47.4 Å². The summed E-state index contributed by atoms with van der Waals surface area (Å²) in [4.78, 5) is 18.6. The minimum absolute atomic E-state index is 0.0162. The summed E-state index contributed by atoms with van der Waals surface area (Å²) < 4.78 is 41.4. The summed E-state index contributed by atoms with van der Waals surface area (Å²) in [5, 5.41) is 20.1. The van der Waals surface area contributed by atoms with Gasteiger partial charge in [0.15, 0.2) is 0 Å². The Balaban J connectivity index is 1.41. The summed E-state index contributed by atoms with van der Waals surface area (Å²) in [5.41, 5.74) is 5.13. The van der Waals surface area contributed by atoms with Gasteiger partial charge in [-0.2, -0.15) is 0 Å². The second-order valence-electron chi connectivity index (χ2n) is 9.48. The molecule has 6 nitrogen and oxygen atoms in total. The molecule has 0 unspecified atom stereocenters. The standard InChI is InChI=1S/C29H22F3N3O3/c1-15(33)24-27(36)23-14-21-20-4-2-3-5-22(20)34-25(21)26(35(23)28(24)37)18-8-6-16(7-9-18)17-10-12-19(13-11-17)38-29(30,31)32/h2-13,23,26,33-34,36H,14H2,1H3/t23-,26+/m0/s1. The fraction of sp³-hybridized carbons (Fsp3) is 0.172. The highest BCUT2D eigenvalue weighted by atomic mass is 19.4. The van der Waals surface area contributed by atoms with Gasteiger partial charge in [-0.1, -0.05) is 54.6 Å². The highest BCUT2D eigenvalue weighted by Gasteiger charge is 2.49. The molecule has 0 radical (unpaired) electrons. The molecule has 192 valence electrons. The second-order valence-corrected chi connectivity index (χ2v) is 9.48. The average molecular weight is 518 g/mol. The van der Waals surface area contributed by atoms with Crippen molar-refractivity contribution in [2.75, 3.05) is 0 Å².